The molecule has 2 aromatic rings. The zero-order valence-electron chi connectivity index (χ0n) is 13.1. The third-order valence-electron chi connectivity index (χ3n) is 4.28. The highest BCUT2D eigenvalue weighted by atomic mass is 16.3. The van der Waals surface area contributed by atoms with Crippen LogP contribution in [0.5, 0.6) is 0 Å². The van der Waals surface area contributed by atoms with Crippen LogP contribution < -0.4 is 5.32 Å². The fourth-order valence-electron chi connectivity index (χ4n) is 3.04. The summed E-state index contributed by atoms with van der Waals surface area (Å²) in [5.41, 5.74) is 2.46. The Kier molecular flexibility index (Phi) is 4.46. The summed E-state index contributed by atoms with van der Waals surface area (Å²) in [7, 11) is 1.61. The van der Waals surface area contributed by atoms with Crippen molar-refractivity contribution in [2.24, 2.45) is 0 Å². The Morgan fingerprint density at radius 2 is 2.09 bits per heavy atom. The molecule has 3 rings (SSSR count). The quantitative estimate of drug-likeness (QED) is 0.948. The van der Waals surface area contributed by atoms with Gasteiger partial charge in [-0.25, -0.2) is 0 Å². The smallest absolute Gasteiger partial charge is 0.254 e. The molecular weight excluding hydrogens is 292 g/mol. The highest BCUT2D eigenvalue weighted by Crippen LogP contribution is 2.24. The molecule has 1 N–H and O–H groups in total. The molecule has 1 saturated heterocycles. The average molecular weight is 312 g/mol. The molecule has 1 aromatic heterocycles. The number of likely N-dealkylation sites (N-methyl/N-ethyl adjacent to an activating group) is 1. The Morgan fingerprint density at radius 3 is 2.83 bits per heavy atom. The van der Waals surface area contributed by atoms with Crippen LogP contribution in [0.15, 0.2) is 47.3 Å². The summed E-state index contributed by atoms with van der Waals surface area (Å²) in [6, 6.07) is 8.92. The van der Waals surface area contributed by atoms with Crippen LogP contribution in [-0.4, -0.2) is 36.3 Å². The van der Waals surface area contributed by atoms with E-state index in [4.69, 9.17) is 4.42 Å². The van der Waals surface area contributed by atoms with E-state index in [1.807, 2.05) is 24.3 Å². The Balaban J connectivity index is 1.87. The van der Waals surface area contributed by atoms with E-state index in [2.05, 4.69) is 5.32 Å². The molecule has 0 aliphatic carbocycles. The van der Waals surface area contributed by atoms with E-state index < -0.39 is 0 Å². The van der Waals surface area contributed by atoms with Gasteiger partial charge in [-0.05, 0) is 43.0 Å². The van der Waals surface area contributed by atoms with Gasteiger partial charge in [-0.1, -0.05) is 12.1 Å². The first kappa shape index (κ1) is 15.3. The van der Waals surface area contributed by atoms with Crippen LogP contribution in [0.3, 0.4) is 0 Å². The Hall–Kier alpha value is -2.56. The van der Waals surface area contributed by atoms with Crippen LogP contribution in [0.1, 0.15) is 29.6 Å². The summed E-state index contributed by atoms with van der Waals surface area (Å²) < 4.78 is 5.10. The van der Waals surface area contributed by atoms with Crippen molar-refractivity contribution < 1.29 is 14.0 Å². The van der Waals surface area contributed by atoms with Gasteiger partial charge in [0.2, 0.25) is 5.91 Å². The fourth-order valence-corrected chi connectivity index (χ4v) is 3.04. The lowest BCUT2D eigenvalue weighted by Gasteiger charge is -2.34. The fraction of sp³-hybridized carbons (Fsp3) is 0.333. The van der Waals surface area contributed by atoms with E-state index in [1.165, 1.54) is 0 Å². The van der Waals surface area contributed by atoms with Crippen molar-refractivity contribution in [3.8, 4) is 11.1 Å². The van der Waals surface area contributed by atoms with Crippen LogP contribution in [0.2, 0.25) is 0 Å². The SMILES string of the molecule is CNC(=O)C1CCCCN1C(=O)c1cccc(-c2ccoc2)c1. The van der Waals surface area contributed by atoms with Gasteiger partial charge in [-0.3, -0.25) is 9.59 Å². The van der Waals surface area contributed by atoms with Gasteiger partial charge in [-0.2, -0.15) is 0 Å². The second-order valence-electron chi connectivity index (χ2n) is 5.72. The predicted molar refractivity (Wildman–Crippen MR) is 86.9 cm³/mol. The predicted octanol–water partition coefficient (Wildman–Crippen LogP) is 2.69. The average Bonchev–Trinajstić information content (AvgIpc) is 3.15. The first-order valence-corrected chi connectivity index (χ1v) is 7.86. The van der Waals surface area contributed by atoms with Crippen molar-refractivity contribution in [1.29, 1.82) is 0 Å². The second kappa shape index (κ2) is 6.69. The highest BCUT2D eigenvalue weighted by Gasteiger charge is 2.32. The van der Waals surface area contributed by atoms with Crippen molar-refractivity contribution in [3.05, 3.63) is 48.4 Å². The summed E-state index contributed by atoms with van der Waals surface area (Å²) in [5.74, 6) is -0.187. The molecule has 1 aromatic carbocycles. The maximum atomic E-state index is 12.9. The van der Waals surface area contributed by atoms with Crippen molar-refractivity contribution in [3.63, 3.8) is 0 Å². The molecule has 1 aliphatic rings. The van der Waals surface area contributed by atoms with Gasteiger partial charge in [0.25, 0.3) is 5.91 Å². The van der Waals surface area contributed by atoms with Crippen LogP contribution in [0.25, 0.3) is 11.1 Å². The summed E-state index contributed by atoms with van der Waals surface area (Å²) in [5, 5.41) is 2.66. The van der Waals surface area contributed by atoms with Gasteiger partial charge in [0, 0.05) is 24.7 Å². The maximum Gasteiger partial charge on any atom is 0.254 e. The highest BCUT2D eigenvalue weighted by molar-refractivity contribution is 5.98. The van der Waals surface area contributed by atoms with E-state index in [-0.39, 0.29) is 17.9 Å². The molecule has 2 amide bonds. The Bertz CT molecular complexity index is 694. The zero-order chi connectivity index (χ0) is 16.2. The van der Waals surface area contributed by atoms with E-state index >= 15 is 0 Å². The molecule has 0 saturated carbocycles. The molecule has 0 radical (unpaired) electrons. The van der Waals surface area contributed by atoms with Crippen LogP contribution in [-0.2, 0) is 4.79 Å². The Labute approximate surface area is 135 Å². The Morgan fingerprint density at radius 1 is 1.22 bits per heavy atom. The topological polar surface area (TPSA) is 62.6 Å². The van der Waals surface area contributed by atoms with Crippen molar-refractivity contribution in [1.82, 2.24) is 10.2 Å². The van der Waals surface area contributed by atoms with Crippen molar-refractivity contribution in [2.45, 2.75) is 25.3 Å². The molecule has 1 aliphatic heterocycles. The number of benzene rings is 1. The summed E-state index contributed by atoms with van der Waals surface area (Å²) in [6.07, 6.45) is 5.87. The molecule has 1 atom stereocenters. The van der Waals surface area contributed by atoms with E-state index in [0.29, 0.717) is 18.5 Å². The molecule has 0 spiro atoms. The second-order valence-corrected chi connectivity index (χ2v) is 5.72. The molecule has 5 nitrogen and oxygen atoms in total. The lowest BCUT2D eigenvalue weighted by Crippen LogP contribution is -2.51. The number of nitrogens with zero attached hydrogens (tertiary/aromatic N) is 1. The standard InChI is InChI=1S/C18H20N2O3/c1-19-17(21)16-7-2-3-9-20(16)18(22)14-6-4-5-13(11-14)15-8-10-23-12-15/h4-6,8,10-12,16H,2-3,7,9H2,1H3,(H,19,21). The number of hydrogen-bond acceptors (Lipinski definition) is 3. The monoisotopic (exact) mass is 312 g/mol. The van der Waals surface area contributed by atoms with Crippen LogP contribution >= 0.6 is 0 Å². The van der Waals surface area contributed by atoms with Crippen LogP contribution in [0, 0.1) is 0 Å². The van der Waals surface area contributed by atoms with Gasteiger partial charge < -0.3 is 14.6 Å². The molecule has 5 heteroatoms. The van der Waals surface area contributed by atoms with Gasteiger partial charge in [0.05, 0.1) is 12.5 Å². The number of furan rings is 1. The molecule has 120 valence electrons. The maximum absolute atomic E-state index is 12.9. The number of rotatable bonds is 3. The number of piperidine rings is 1. The number of hydrogen-bond donors (Lipinski definition) is 1. The molecule has 0 bridgehead atoms. The zero-order valence-corrected chi connectivity index (χ0v) is 13.1. The van der Waals surface area contributed by atoms with Crippen molar-refractivity contribution >= 4 is 11.8 Å². The largest absolute Gasteiger partial charge is 0.472 e. The lowest BCUT2D eigenvalue weighted by molar-refractivity contribution is -0.126. The van der Waals surface area contributed by atoms with Gasteiger partial charge in [0.15, 0.2) is 0 Å². The minimum atomic E-state index is -0.376. The summed E-state index contributed by atoms with van der Waals surface area (Å²) in [4.78, 5) is 26.6. The number of nitrogens with one attached hydrogen (secondary N) is 1. The minimum Gasteiger partial charge on any atom is -0.472 e. The lowest BCUT2D eigenvalue weighted by atomic mass is 9.99. The van der Waals surface area contributed by atoms with Crippen molar-refractivity contribution in [2.75, 3.05) is 13.6 Å². The van der Waals surface area contributed by atoms with Gasteiger partial charge in [0.1, 0.15) is 6.04 Å². The number of carbonyl (C=O) groups excluding carboxylic acids is 2. The van der Waals surface area contributed by atoms with E-state index in [1.54, 1.807) is 30.5 Å². The number of likely N-dealkylation sites (tertiary alicyclic amines) is 1. The third-order valence-corrected chi connectivity index (χ3v) is 4.28. The van der Waals surface area contributed by atoms with Gasteiger partial charge in [-0.15, -0.1) is 0 Å². The number of carbonyl (C=O) groups is 2. The normalized spacial score (nSPS) is 17.8. The first-order valence-electron chi connectivity index (χ1n) is 7.86. The van der Waals surface area contributed by atoms with E-state index in [0.717, 1.165) is 24.0 Å². The molecule has 1 unspecified atom stereocenters. The molecular formula is C18H20N2O3. The molecule has 23 heavy (non-hydrogen) atoms. The van der Waals surface area contributed by atoms with E-state index in [9.17, 15) is 9.59 Å². The van der Waals surface area contributed by atoms with Gasteiger partial charge >= 0.3 is 0 Å². The summed E-state index contributed by atoms with van der Waals surface area (Å²) in [6.45, 7) is 0.618. The number of amides is 2. The summed E-state index contributed by atoms with van der Waals surface area (Å²) >= 11 is 0. The van der Waals surface area contributed by atoms with Crippen LogP contribution in [0.4, 0.5) is 0 Å². The molecule has 2 heterocycles. The first-order chi connectivity index (χ1) is 11.2. The molecule has 1 fully saturated rings. The third kappa shape index (κ3) is 3.13. The minimum absolute atomic E-state index is 0.0935.